The number of carboxylic acids is 1. The van der Waals surface area contributed by atoms with Gasteiger partial charge >= 0.3 is 12.1 Å². The van der Waals surface area contributed by atoms with Crippen LogP contribution in [0.5, 0.6) is 0 Å². The highest BCUT2D eigenvalue weighted by Crippen LogP contribution is 2.36. The van der Waals surface area contributed by atoms with E-state index >= 15 is 0 Å². The van der Waals surface area contributed by atoms with Crippen LogP contribution in [-0.2, 0) is 22.6 Å². The van der Waals surface area contributed by atoms with Gasteiger partial charge in [-0.1, -0.05) is 18.2 Å². The largest absolute Gasteiger partial charge is 0.478 e. The van der Waals surface area contributed by atoms with Crippen LogP contribution < -0.4 is 4.72 Å². The quantitative estimate of drug-likeness (QED) is 0.845. The molecule has 5 nitrogen and oxygen atoms in total. The summed E-state index contributed by atoms with van der Waals surface area (Å²) in [6.07, 6.45) is -3.97. The number of alkyl halides is 3. The van der Waals surface area contributed by atoms with Crippen LogP contribution in [0.2, 0.25) is 0 Å². The Morgan fingerprint density at radius 2 is 1.85 bits per heavy atom. The van der Waals surface area contributed by atoms with E-state index in [2.05, 4.69) is 4.72 Å². The predicted octanol–water partition coefficient (Wildman–Crippen LogP) is 3.37. The first-order valence-corrected chi connectivity index (χ1v) is 9.12. The molecule has 2 aromatic rings. The fourth-order valence-electron chi connectivity index (χ4n) is 3.04. The highest BCUT2D eigenvalue weighted by atomic mass is 32.2. The van der Waals surface area contributed by atoms with Crippen LogP contribution in [0.15, 0.2) is 47.4 Å². The van der Waals surface area contributed by atoms with E-state index in [1.54, 1.807) is 6.07 Å². The summed E-state index contributed by atoms with van der Waals surface area (Å²) in [7, 11) is -4.45. The number of aromatic carboxylic acids is 1. The second-order valence-electron chi connectivity index (χ2n) is 5.93. The molecule has 0 saturated heterocycles. The van der Waals surface area contributed by atoms with Crippen molar-refractivity contribution in [1.29, 1.82) is 0 Å². The molecule has 0 heterocycles. The third-order valence-electron chi connectivity index (χ3n) is 4.25. The summed E-state index contributed by atoms with van der Waals surface area (Å²) < 4.78 is 66.7. The van der Waals surface area contributed by atoms with Crippen molar-refractivity contribution in [2.45, 2.75) is 30.0 Å². The van der Waals surface area contributed by atoms with Gasteiger partial charge in [-0.15, -0.1) is 0 Å². The molecule has 26 heavy (non-hydrogen) atoms. The molecular weight excluding hydrogens is 371 g/mol. The van der Waals surface area contributed by atoms with Crippen LogP contribution in [0.1, 0.15) is 39.5 Å². The Morgan fingerprint density at radius 1 is 1.15 bits per heavy atom. The van der Waals surface area contributed by atoms with Gasteiger partial charge in [-0.25, -0.2) is 17.9 Å². The fraction of sp³-hybridized carbons (Fsp3) is 0.235. The second-order valence-corrected chi connectivity index (χ2v) is 7.61. The number of benzene rings is 2. The molecule has 0 saturated carbocycles. The van der Waals surface area contributed by atoms with Gasteiger partial charge in [0.1, 0.15) is 0 Å². The van der Waals surface area contributed by atoms with Crippen molar-refractivity contribution >= 4 is 16.0 Å². The molecule has 0 bridgehead atoms. The van der Waals surface area contributed by atoms with Gasteiger partial charge in [0.15, 0.2) is 0 Å². The lowest BCUT2D eigenvalue weighted by Gasteiger charge is -2.18. The van der Waals surface area contributed by atoms with Crippen molar-refractivity contribution in [3.63, 3.8) is 0 Å². The van der Waals surface area contributed by atoms with E-state index < -0.39 is 38.7 Å². The average molecular weight is 385 g/mol. The predicted molar refractivity (Wildman–Crippen MR) is 86.2 cm³/mol. The molecule has 2 N–H and O–H groups in total. The Kier molecular flexibility index (Phi) is 4.53. The standard InChI is InChI=1S/C17H14F3NO4S/c18-17(19,20)13-3-1-2-4-15(13)26(24,25)21-14-8-7-10-5-6-11(16(22)23)9-12(10)14/h1-6,9,14,21H,7-8H2,(H,22,23). The van der Waals surface area contributed by atoms with Crippen LogP contribution in [0.25, 0.3) is 0 Å². The summed E-state index contributed by atoms with van der Waals surface area (Å²) in [4.78, 5) is 10.3. The number of rotatable bonds is 4. The number of carboxylic acid groups (broad SMARTS) is 1. The molecule has 3 rings (SSSR count). The van der Waals surface area contributed by atoms with Gasteiger partial charge in [0.25, 0.3) is 0 Å². The molecule has 1 atom stereocenters. The molecule has 1 aliphatic carbocycles. The minimum Gasteiger partial charge on any atom is -0.478 e. The first kappa shape index (κ1) is 18.4. The maximum Gasteiger partial charge on any atom is 0.417 e. The Hall–Kier alpha value is -2.39. The third-order valence-corrected chi connectivity index (χ3v) is 5.78. The Labute approximate surface area is 147 Å². The maximum absolute atomic E-state index is 13.1. The van der Waals surface area contributed by atoms with Crippen LogP contribution in [0.3, 0.4) is 0 Å². The van der Waals surface area contributed by atoms with E-state index in [0.717, 1.165) is 17.7 Å². The number of carbonyl (C=O) groups is 1. The van der Waals surface area contributed by atoms with E-state index in [9.17, 15) is 26.4 Å². The SMILES string of the molecule is O=C(O)c1ccc2c(c1)C(NS(=O)(=O)c1ccccc1C(F)(F)F)CC2. The summed E-state index contributed by atoms with van der Waals surface area (Å²) >= 11 is 0. The first-order chi connectivity index (χ1) is 12.1. The van der Waals surface area contributed by atoms with Gasteiger partial charge < -0.3 is 5.11 Å². The smallest absolute Gasteiger partial charge is 0.417 e. The van der Waals surface area contributed by atoms with Crippen LogP contribution in [0, 0.1) is 0 Å². The Bertz CT molecular complexity index is 970. The number of hydrogen-bond acceptors (Lipinski definition) is 3. The van der Waals surface area contributed by atoms with E-state index in [1.165, 1.54) is 18.2 Å². The monoisotopic (exact) mass is 385 g/mol. The zero-order valence-corrected chi connectivity index (χ0v) is 14.1. The molecule has 0 fully saturated rings. The molecule has 0 aliphatic heterocycles. The Morgan fingerprint density at radius 3 is 2.50 bits per heavy atom. The maximum atomic E-state index is 13.1. The van der Waals surface area contributed by atoms with Gasteiger partial charge in [-0.2, -0.15) is 13.2 Å². The third kappa shape index (κ3) is 3.45. The zero-order chi connectivity index (χ0) is 19.1. The van der Waals surface area contributed by atoms with Crippen LogP contribution in [-0.4, -0.2) is 19.5 Å². The number of hydrogen-bond donors (Lipinski definition) is 2. The number of nitrogens with one attached hydrogen (secondary N) is 1. The summed E-state index contributed by atoms with van der Waals surface area (Å²) in [6, 6.07) is 7.52. The number of sulfonamides is 1. The highest BCUT2D eigenvalue weighted by Gasteiger charge is 2.38. The van der Waals surface area contributed by atoms with Gasteiger partial charge in [0.2, 0.25) is 10.0 Å². The first-order valence-electron chi connectivity index (χ1n) is 7.64. The van der Waals surface area contributed by atoms with E-state index in [1.807, 2.05) is 0 Å². The second kappa shape index (κ2) is 6.40. The van der Waals surface area contributed by atoms with Gasteiger partial charge in [0, 0.05) is 6.04 Å². The van der Waals surface area contributed by atoms with Crippen molar-refractivity contribution in [2.75, 3.05) is 0 Å². The van der Waals surface area contributed by atoms with Crippen LogP contribution >= 0.6 is 0 Å². The van der Waals surface area contributed by atoms with Gasteiger partial charge in [-0.3, -0.25) is 0 Å². The molecule has 0 spiro atoms. The van der Waals surface area contributed by atoms with Crippen molar-refractivity contribution in [2.24, 2.45) is 0 Å². The lowest BCUT2D eigenvalue weighted by molar-refractivity contribution is -0.139. The topological polar surface area (TPSA) is 83.5 Å². The summed E-state index contributed by atoms with van der Waals surface area (Å²) in [5, 5.41) is 9.08. The van der Waals surface area contributed by atoms with Crippen molar-refractivity contribution in [1.82, 2.24) is 4.72 Å². The summed E-state index contributed by atoms with van der Waals surface area (Å²) in [6.45, 7) is 0. The van der Waals surface area contributed by atoms with Crippen molar-refractivity contribution < 1.29 is 31.5 Å². The molecule has 0 aromatic heterocycles. The van der Waals surface area contributed by atoms with Crippen molar-refractivity contribution in [3.8, 4) is 0 Å². The van der Waals surface area contributed by atoms with Crippen molar-refractivity contribution in [3.05, 3.63) is 64.7 Å². The normalized spacial score (nSPS) is 17.1. The molecule has 1 aliphatic rings. The molecule has 1 unspecified atom stereocenters. The molecule has 0 radical (unpaired) electrons. The minimum absolute atomic E-state index is 0.00876. The molecule has 9 heteroatoms. The molecule has 138 valence electrons. The summed E-state index contributed by atoms with van der Waals surface area (Å²) in [5.41, 5.74) is -0.0136. The molecular formula is C17H14F3NO4S. The lowest BCUT2D eigenvalue weighted by atomic mass is 10.0. The van der Waals surface area contributed by atoms with Crippen LogP contribution in [0.4, 0.5) is 13.2 Å². The van der Waals surface area contributed by atoms with E-state index in [-0.39, 0.29) is 5.56 Å². The zero-order valence-electron chi connectivity index (χ0n) is 13.2. The average Bonchev–Trinajstić information content (AvgIpc) is 2.95. The molecule has 2 aromatic carbocycles. The highest BCUT2D eigenvalue weighted by molar-refractivity contribution is 7.89. The lowest BCUT2D eigenvalue weighted by Crippen LogP contribution is -2.29. The number of aryl methyl sites for hydroxylation is 1. The Balaban J connectivity index is 1.97. The minimum atomic E-state index is -4.81. The van der Waals surface area contributed by atoms with Gasteiger partial charge in [0.05, 0.1) is 16.0 Å². The molecule has 0 amide bonds. The number of fused-ring (bicyclic) bond motifs is 1. The fourth-order valence-corrected chi connectivity index (χ4v) is 4.52. The number of halogens is 3. The summed E-state index contributed by atoms with van der Waals surface area (Å²) in [5.74, 6) is -1.16. The van der Waals surface area contributed by atoms with E-state index in [0.29, 0.717) is 24.5 Å². The van der Waals surface area contributed by atoms with Gasteiger partial charge in [-0.05, 0) is 48.2 Å². The van der Waals surface area contributed by atoms with E-state index in [4.69, 9.17) is 5.11 Å².